The number of aromatic carboxylic acids is 1. The van der Waals surface area contributed by atoms with E-state index >= 15 is 0 Å². The Morgan fingerprint density at radius 3 is 2.36 bits per heavy atom. The van der Waals surface area contributed by atoms with Crippen LogP contribution < -0.4 is 4.72 Å². The van der Waals surface area contributed by atoms with Gasteiger partial charge in [0.05, 0.1) is 15.5 Å². The highest BCUT2D eigenvalue weighted by Crippen LogP contribution is 2.31. The summed E-state index contributed by atoms with van der Waals surface area (Å²) in [6.07, 6.45) is 0. The van der Waals surface area contributed by atoms with Gasteiger partial charge >= 0.3 is 5.97 Å². The van der Waals surface area contributed by atoms with E-state index in [0.717, 1.165) is 24.3 Å². The first-order valence-electron chi connectivity index (χ1n) is 7.89. The molecule has 2 aromatic carbocycles. The molecule has 0 saturated heterocycles. The highest BCUT2D eigenvalue weighted by atomic mass is 32.2. The monoisotopic (exact) mass is 402 g/mol. The molecule has 0 aliphatic rings. The molecule has 0 spiro atoms. The van der Waals surface area contributed by atoms with Crippen molar-refractivity contribution in [3.05, 3.63) is 76.0 Å². The minimum Gasteiger partial charge on any atom is -0.475 e. The van der Waals surface area contributed by atoms with Crippen LogP contribution in [-0.2, 0) is 10.0 Å². The standard InChI is InChI=1S/C18H14N2O7S/c1-11-14(16-9-10-17(27-16)18(21)22)3-2-4-15(11)19-28(25,26)13-7-5-12(6-8-13)20(23)24/h2-10,19H,1H3,(H,21,22). The fourth-order valence-corrected chi connectivity index (χ4v) is 3.68. The van der Waals surface area contributed by atoms with Gasteiger partial charge in [0.25, 0.3) is 15.7 Å². The van der Waals surface area contributed by atoms with Crippen molar-refractivity contribution >= 4 is 27.4 Å². The number of nitro benzene ring substituents is 1. The minimum absolute atomic E-state index is 0.130. The van der Waals surface area contributed by atoms with Crippen molar-refractivity contribution in [2.75, 3.05) is 4.72 Å². The molecule has 0 fully saturated rings. The molecule has 1 aromatic heterocycles. The molecule has 28 heavy (non-hydrogen) atoms. The van der Waals surface area contributed by atoms with Crippen LogP contribution in [0.2, 0.25) is 0 Å². The average Bonchev–Trinajstić information content (AvgIpc) is 3.13. The van der Waals surface area contributed by atoms with Crippen LogP contribution in [0.3, 0.4) is 0 Å². The van der Waals surface area contributed by atoms with Crippen molar-refractivity contribution < 1.29 is 27.7 Å². The summed E-state index contributed by atoms with van der Waals surface area (Å²) in [5, 5.41) is 19.7. The van der Waals surface area contributed by atoms with Gasteiger partial charge in [-0.3, -0.25) is 14.8 Å². The van der Waals surface area contributed by atoms with E-state index in [9.17, 15) is 23.3 Å². The predicted octanol–water partition coefficient (Wildman–Crippen LogP) is 3.66. The summed E-state index contributed by atoms with van der Waals surface area (Å²) in [4.78, 5) is 20.9. The number of carbonyl (C=O) groups is 1. The molecule has 0 radical (unpaired) electrons. The Morgan fingerprint density at radius 1 is 1.11 bits per heavy atom. The lowest BCUT2D eigenvalue weighted by Crippen LogP contribution is -2.14. The topological polar surface area (TPSA) is 140 Å². The predicted molar refractivity (Wildman–Crippen MR) is 99.7 cm³/mol. The summed E-state index contributed by atoms with van der Waals surface area (Å²) in [5.74, 6) is -1.16. The number of anilines is 1. The van der Waals surface area contributed by atoms with Crippen molar-refractivity contribution in [2.24, 2.45) is 0 Å². The zero-order chi connectivity index (χ0) is 20.5. The molecule has 10 heteroatoms. The van der Waals surface area contributed by atoms with E-state index in [0.29, 0.717) is 11.1 Å². The second-order valence-electron chi connectivity index (χ2n) is 5.80. The van der Waals surface area contributed by atoms with Gasteiger partial charge in [0.2, 0.25) is 5.76 Å². The van der Waals surface area contributed by atoms with Gasteiger partial charge in [-0.2, -0.15) is 0 Å². The van der Waals surface area contributed by atoms with Crippen molar-refractivity contribution in [1.82, 2.24) is 0 Å². The second kappa shape index (κ2) is 7.16. The maximum atomic E-state index is 12.6. The van der Waals surface area contributed by atoms with Crippen LogP contribution in [0, 0.1) is 17.0 Å². The molecule has 3 aromatic rings. The molecule has 0 atom stereocenters. The SMILES string of the molecule is Cc1c(NS(=O)(=O)c2ccc([N+](=O)[O-])cc2)cccc1-c1ccc(C(=O)O)o1. The first-order valence-corrected chi connectivity index (χ1v) is 9.38. The summed E-state index contributed by atoms with van der Waals surface area (Å²) in [5.41, 5.74) is 1.10. The lowest BCUT2D eigenvalue weighted by Gasteiger charge is -2.13. The molecule has 1 heterocycles. The zero-order valence-electron chi connectivity index (χ0n) is 14.4. The summed E-state index contributed by atoms with van der Waals surface area (Å²) >= 11 is 0. The maximum absolute atomic E-state index is 12.6. The Bertz CT molecular complexity index is 1160. The number of nitrogens with zero attached hydrogens (tertiary/aromatic N) is 1. The third kappa shape index (κ3) is 3.71. The number of sulfonamides is 1. The Labute approximate surface area is 159 Å². The van der Waals surface area contributed by atoms with Crippen LogP contribution >= 0.6 is 0 Å². The van der Waals surface area contributed by atoms with Crippen molar-refractivity contribution in [1.29, 1.82) is 0 Å². The molecule has 0 saturated carbocycles. The first-order chi connectivity index (χ1) is 13.2. The second-order valence-corrected chi connectivity index (χ2v) is 7.49. The molecule has 3 rings (SSSR count). The van der Waals surface area contributed by atoms with Crippen molar-refractivity contribution in [2.45, 2.75) is 11.8 Å². The third-order valence-corrected chi connectivity index (χ3v) is 5.40. The van der Waals surface area contributed by atoms with Gasteiger partial charge in [-0.15, -0.1) is 0 Å². The summed E-state index contributed by atoms with van der Waals surface area (Å²) in [6.45, 7) is 1.66. The highest BCUT2D eigenvalue weighted by molar-refractivity contribution is 7.92. The number of hydrogen-bond donors (Lipinski definition) is 2. The summed E-state index contributed by atoms with van der Waals surface area (Å²) in [6, 6.07) is 12.1. The molecule has 9 nitrogen and oxygen atoms in total. The fourth-order valence-electron chi connectivity index (χ4n) is 2.56. The van der Waals surface area contributed by atoms with E-state index in [1.54, 1.807) is 25.1 Å². The number of hydrogen-bond acceptors (Lipinski definition) is 6. The van der Waals surface area contributed by atoms with Crippen LogP contribution in [0.5, 0.6) is 0 Å². The molecule has 0 amide bonds. The van der Waals surface area contributed by atoms with Crippen LogP contribution in [-0.4, -0.2) is 24.4 Å². The number of carboxylic acids is 1. The number of nitro groups is 1. The molecule has 0 unspecified atom stereocenters. The van der Waals surface area contributed by atoms with Gasteiger partial charge in [-0.05, 0) is 42.8 Å². The lowest BCUT2D eigenvalue weighted by atomic mass is 10.1. The maximum Gasteiger partial charge on any atom is 0.371 e. The fraction of sp³-hybridized carbons (Fsp3) is 0.0556. The van der Waals surface area contributed by atoms with Crippen molar-refractivity contribution in [3.8, 4) is 11.3 Å². The third-order valence-electron chi connectivity index (χ3n) is 4.02. The molecule has 0 aliphatic carbocycles. The molecular weight excluding hydrogens is 388 g/mol. The molecule has 144 valence electrons. The van der Waals surface area contributed by atoms with Crippen LogP contribution in [0.4, 0.5) is 11.4 Å². The van der Waals surface area contributed by atoms with Crippen LogP contribution in [0.1, 0.15) is 16.1 Å². The van der Waals surface area contributed by atoms with Gasteiger partial charge in [-0.1, -0.05) is 12.1 Å². The first kappa shape index (κ1) is 19.1. The van der Waals surface area contributed by atoms with Gasteiger partial charge in [0.1, 0.15) is 5.76 Å². The number of non-ortho nitro benzene ring substituents is 1. The average molecular weight is 402 g/mol. The minimum atomic E-state index is -3.98. The van der Waals surface area contributed by atoms with E-state index in [1.807, 2.05) is 0 Å². The molecule has 0 bridgehead atoms. The largest absolute Gasteiger partial charge is 0.475 e. The van der Waals surface area contributed by atoms with E-state index < -0.39 is 20.9 Å². The number of rotatable bonds is 6. The number of benzene rings is 2. The number of nitrogens with one attached hydrogen (secondary N) is 1. The zero-order valence-corrected chi connectivity index (χ0v) is 15.3. The number of furan rings is 1. The van der Waals surface area contributed by atoms with Gasteiger partial charge in [-0.25, -0.2) is 13.2 Å². The molecule has 2 N–H and O–H groups in total. The van der Waals surface area contributed by atoms with Gasteiger partial charge in [0.15, 0.2) is 0 Å². The smallest absolute Gasteiger partial charge is 0.371 e. The quantitative estimate of drug-likeness (QED) is 0.473. The van der Waals surface area contributed by atoms with Crippen LogP contribution in [0.15, 0.2) is 63.9 Å². The Balaban J connectivity index is 1.93. The summed E-state index contributed by atoms with van der Waals surface area (Å²) in [7, 11) is -3.98. The van der Waals surface area contributed by atoms with E-state index in [-0.39, 0.29) is 27.8 Å². The summed E-state index contributed by atoms with van der Waals surface area (Å²) < 4.78 is 32.9. The Hall–Kier alpha value is -3.66. The molecule has 0 aliphatic heterocycles. The van der Waals surface area contributed by atoms with E-state index in [4.69, 9.17) is 9.52 Å². The molecular formula is C18H14N2O7S. The Kier molecular flexibility index (Phi) is 4.89. The van der Waals surface area contributed by atoms with Gasteiger partial charge < -0.3 is 9.52 Å². The van der Waals surface area contributed by atoms with E-state index in [2.05, 4.69) is 4.72 Å². The Morgan fingerprint density at radius 2 is 1.79 bits per heavy atom. The van der Waals surface area contributed by atoms with E-state index in [1.165, 1.54) is 12.1 Å². The normalized spacial score (nSPS) is 11.2. The highest BCUT2D eigenvalue weighted by Gasteiger charge is 2.19. The van der Waals surface area contributed by atoms with Crippen molar-refractivity contribution in [3.63, 3.8) is 0 Å². The van der Waals surface area contributed by atoms with Crippen LogP contribution in [0.25, 0.3) is 11.3 Å². The lowest BCUT2D eigenvalue weighted by molar-refractivity contribution is -0.384. The number of carboxylic acid groups (broad SMARTS) is 1. The van der Waals surface area contributed by atoms with Gasteiger partial charge in [0, 0.05) is 17.7 Å².